The van der Waals surface area contributed by atoms with Gasteiger partial charge in [-0.05, 0) is 26.7 Å². The molecule has 5 heteroatoms. The minimum atomic E-state index is 0.475. The van der Waals surface area contributed by atoms with Crippen LogP contribution < -0.4 is 10.6 Å². The lowest BCUT2D eigenvalue weighted by Gasteiger charge is -2.21. The molecule has 1 fully saturated rings. The van der Waals surface area contributed by atoms with Crippen LogP contribution in [-0.4, -0.2) is 62.8 Å². The molecule has 2 atom stereocenters. The molecule has 0 aromatic heterocycles. The van der Waals surface area contributed by atoms with E-state index >= 15 is 0 Å². The molecule has 19 heavy (non-hydrogen) atoms. The molecule has 0 amide bonds. The van der Waals surface area contributed by atoms with E-state index in [1.165, 1.54) is 0 Å². The van der Waals surface area contributed by atoms with Crippen LogP contribution in [0.2, 0.25) is 0 Å². The van der Waals surface area contributed by atoms with Gasteiger partial charge in [-0.2, -0.15) is 0 Å². The lowest BCUT2D eigenvalue weighted by molar-refractivity contribution is 0.207. The standard InChI is InChI=1S/C14H30N4O/c1-6-15-14(16-7-8-19-5)17-13-10-18(11(2)3)9-12(13)4/h11-13H,6-10H2,1-5H3,(H2,15,16,17). The van der Waals surface area contributed by atoms with Gasteiger partial charge in [0.2, 0.25) is 0 Å². The fraction of sp³-hybridized carbons (Fsp3) is 0.929. The van der Waals surface area contributed by atoms with E-state index in [1.807, 2.05) is 0 Å². The number of ether oxygens (including phenoxy) is 1. The van der Waals surface area contributed by atoms with Crippen molar-refractivity contribution in [2.75, 3.05) is 39.9 Å². The van der Waals surface area contributed by atoms with Gasteiger partial charge < -0.3 is 15.4 Å². The van der Waals surface area contributed by atoms with E-state index in [-0.39, 0.29) is 0 Å². The zero-order valence-corrected chi connectivity index (χ0v) is 13.1. The smallest absolute Gasteiger partial charge is 0.191 e. The molecule has 0 saturated carbocycles. The quantitative estimate of drug-likeness (QED) is 0.428. The number of aliphatic imine (C=N–C) groups is 1. The van der Waals surface area contributed by atoms with Crippen molar-refractivity contribution < 1.29 is 4.74 Å². The maximum Gasteiger partial charge on any atom is 0.191 e. The van der Waals surface area contributed by atoms with Crippen molar-refractivity contribution >= 4 is 5.96 Å². The lowest BCUT2D eigenvalue weighted by atomic mass is 10.1. The van der Waals surface area contributed by atoms with Crippen LogP contribution in [0.25, 0.3) is 0 Å². The Morgan fingerprint density at radius 1 is 1.42 bits per heavy atom. The van der Waals surface area contributed by atoms with Crippen molar-refractivity contribution in [1.29, 1.82) is 0 Å². The van der Waals surface area contributed by atoms with E-state index in [1.54, 1.807) is 7.11 Å². The first-order chi connectivity index (χ1) is 9.08. The van der Waals surface area contributed by atoms with Crippen LogP contribution in [0.3, 0.4) is 0 Å². The van der Waals surface area contributed by atoms with E-state index in [2.05, 4.69) is 48.2 Å². The van der Waals surface area contributed by atoms with E-state index < -0.39 is 0 Å². The molecular formula is C14H30N4O. The SMILES string of the molecule is CCNC(=NCCOC)NC1CN(C(C)C)CC1C. The van der Waals surface area contributed by atoms with Crippen molar-refractivity contribution in [3.63, 3.8) is 0 Å². The Kier molecular flexibility index (Phi) is 7.16. The van der Waals surface area contributed by atoms with Gasteiger partial charge in [0, 0.05) is 38.8 Å². The van der Waals surface area contributed by atoms with Crippen LogP contribution in [0.4, 0.5) is 0 Å². The molecule has 0 bridgehead atoms. The summed E-state index contributed by atoms with van der Waals surface area (Å²) in [5.41, 5.74) is 0. The predicted molar refractivity (Wildman–Crippen MR) is 80.7 cm³/mol. The molecule has 1 rings (SSSR count). The first kappa shape index (κ1) is 16.2. The van der Waals surface area contributed by atoms with Gasteiger partial charge in [0.1, 0.15) is 0 Å². The van der Waals surface area contributed by atoms with Crippen molar-refractivity contribution in [2.45, 2.75) is 39.8 Å². The third-order valence-electron chi connectivity index (χ3n) is 3.60. The molecule has 1 aliphatic rings. The summed E-state index contributed by atoms with van der Waals surface area (Å²) in [4.78, 5) is 7.04. The van der Waals surface area contributed by atoms with Gasteiger partial charge in [-0.1, -0.05) is 6.92 Å². The number of likely N-dealkylation sites (tertiary alicyclic amines) is 1. The number of hydrogen-bond donors (Lipinski definition) is 2. The number of nitrogens with one attached hydrogen (secondary N) is 2. The van der Waals surface area contributed by atoms with Crippen LogP contribution >= 0.6 is 0 Å². The molecule has 2 N–H and O–H groups in total. The maximum atomic E-state index is 5.04. The number of hydrogen-bond acceptors (Lipinski definition) is 3. The highest BCUT2D eigenvalue weighted by Gasteiger charge is 2.31. The summed E-state index contributed by atoms with van der Waals surface area (Å²) in [6.07, 6.45) is 0. The number of guanidine groups is 1. The van der Waals surface area contributed by atoms with Crippen LogP contribution in [0.15, 0.2) is 4.99 Å². The minimum absolute atomic E-state index is 0.475. The average Bonchev–Trinajstić information content (AvgIpc) is 2.72. The Bertz CT molecular complexity index is 281. The molecule has 0 spiro atoms. The van der Waals surface area contributed by atoms with Gasteiger partial charge in [-0.25, -0.2) is 0 Å². The molecule has 2 unspecified atom stereocenters. The van der Waals surface area contributed by atoms with Gasteiger partial charge in [-0.3, -0.25) is 9.89 Å². The third-order valence-corrected chi connectivity index (χ3v) is 3.60. The molecule has 0 aliphatic carbocycles. The minimum Gasteiger partial charge on any atom is -0.383 e. The number of methoxy groups -OCH3 is 1. The molecular weight excluding hydrogens is 240 g/mol. The van der Waals surface area contributed by atoms with Crippen molar-refractivity contribution in [3.05, 3.63) is 0 Å². The second-order valence-corrected chi connectivity index (χ2v) is 5.53. The summed E-state index contributed by atoms with van der Waals surface area (Å²) in [6, 6.07) is 1.09. The largest absolute Gasteiger partial charge is 0.383 e. The highest BCUT2D eigenvalue weighted by Crippen LogP contribution is 2.18. The first-order valence-electron chi connectivity index (χ1n) is 7.36. The van der Waals surface area contributed by atoms with E-state index in [9.17, 15) is 0 Å². The molecule has 1 saturated heterocycles. The summed E-state index contributed by atoms with van der Waals surface area (Å²) in [5.74, 6) is 1.55. The van der Waals surface area contributed by atoms with E-state index in [4.69, 9.17) is 4.74 Å². The Labute approximate surface area is 117 Å². The first-order valence-corrected chi connectivity index (χ1v) is 7.36. The molecule has 112 valence electrons. The third kappa shape index (κ3) is 5.37. The lowest BCUT2D eigenvalue weighted by Crippen LogP contribution is -2.47. The van der Waals surface area contributed by atoms with Crippen LogP contribution in [0.5, 0.6) is 0 Å². The average molecular weight is 270 g/mol. The van der Waals surface area contributed by atoms with Crippen molar-refractivity contribution in [2.24, 2.45) is 10.9 Å². The monoisotopic (exact) mass is 270 g/mol. The zero-order valence-electron chi connectivity index (χ0n) is 13.1. The second-order valence-electron chi connectivity index (χ2n) is 5.53. The Morgan fingerprint density at radius 3 is 2.68 bits per heavy atom. The van der Waals surface area contributed by atoms with Gasteiger partial charge in [0.05, 0.1) is 13.2 Å². The van der Waals surface area contributed by atoms with Gasteiger partial charge in [0.15, 0.2) is 5.96 Å². The molecule has 0 aromatic carbocycles. The van der Waals surface area contributed by atoms with Crippen LogP contribution in [0.1, 0.15) is 27.7 Å². The number of nitrogens with zero attached hydrogens (tertiary/aromatic N) is 2. The Balaban J connectivity index is 2.51. The second kappa shape index (κ2) is 8.38. The van der Waals surface area contributed by atoms with E-state index in [0.717, 1.165) is 25.6 Å². The normalized spacial score (nSPS) is 25.1. The van der Waals surface area contributed by atoms with Gasteiger partial charge in [0.25, 0.3) is 0 Å². The molecule has 0 aromatic rings. The van der Waals surface area contributed by atoms with Gasteiger partial charge in [-0.15, -0.1) is 0 Å². The van der Waals surface area contributed by atoms with E-state index in [0.29, 0.717) is 31.2 Å². The van der Waals surface area contributed by atoms with Crippen molar-refractivity contribution in [1.82, 2.24) is 15.5 Å². The van der Waals surface area contributed by atoms with Crippen molar-refractivity contribution in [3.8, 4) is 0 Å². The summed E-state index contributed by atoms with van der Waals surface area (Å²) in [6.45, 7) is 13.4. The summed E-state index contributed by atoms with van der Waals surface area (Å²) < 4.78 is 5.04. The molecule has 5 nitrogen and oxygen atoms in total. The van der Waals surface area contributed by atoms with Crippen LogP contribution in [0, 0.1) is 5.92 Å². The predicted octanol–water partition coefficient (Wildman–Crippen LogP) is 0.917. The molecule has 1 aliphatic heterocycles. The topological polar surface area (TPSA) is 48.9 Å². The van der Waals surface area contributed by atoms with Crippen LogP contribution in [-0.2, 0) is 4.74 Å². The fourth-order valence-electron chi connectivity index (χ4n) is 2.36. The Hall–Kier alpha value is -0.810. The highest BCUT2D eigenvalue weighted by molar-refractivity contribution is 5.80. The fourth-order valence-corrected chi connectivity index (χ4v) is 2.36. The molecule has 1 heterocycles. The summed E-state index contributed by atoms with van der Waals surface area (Å²) in [5, 5.41) is 6.85. The Morgan fingerprint density at radius 2 is 2.16 bits per heavy atom. The summed E-state index contributed by atoms with van der Waals surface area (Å²) >= 11 is 0. The highest BCUT2D eigenvalue weighted by atomic mass is 16.5. The van der Waals surface area contributed by atoms with Gasteiger partial charge >= 0.3 is 0 Å². The summed E-state index contributed by atoms with van der Waals surface area (Å²) in [7, 11) is 1.70. The zero-order chi connectivity index (χ0) is 14.3. The molecule has 0 radical (unpaired) electrons. The maximum absolute atomic E-state index is 5.04. The number of rotatable bonds is 6.